The van der Waals surface area contributed by atoms with Gasteiger partial charge < -0.3 is 10.6 Å². The molecule has 148 valence electrons. The summed E-state index contributed by atoms with van der Waals surface area (Å²) >= 11 is 0. The fourth-order valence-electron chi connectivity index (χ4n) is 3.75. The van der Waals surface area contributed by atoms with Crippen molar-refractivity contribution in [2.24, 2.45) is 10.9 Å². The summed E-state index contributed by atoms with van der Waals surface area (Å²) < 4.78 is 0. The van der Waals surface area contributed by atoms with E-state index < -0.39 is 18.0 Å². The molecule has 0 bridgehead atoms. The molecule has 5 rings (SSSR count). The minimum absolute atomic E-state index is 0.261. The van der Waals surface area contributed by atoms with E-state index in [-0.39, 0.29) is 5.91 Å². The number of amides is 3. The normalized spacial score (nSPS) is 18.8. The van der Waals surface area contributed by atoms with Gasteiger partial charge in [-0.15, -0.1) is 0 Å². The number of rotatable bonds is 3. The van der Waals surface area contributed by atoms with Crippen LogP contribution in [0.4, 0.5) is 10.5 Å². The Bertz CT molecular complexity index is 1330. The average Bonchev–Trinajstić information content (AvgIpc) is 3.20. The highest BCUT2D eigenvalue weighted by Gasteiger charge is 2.37. The number of fused-ring (bicyclic) bond motifs is 2. The Kier molecular flexibility index (Phi) is 4.20. The minimum Gasteiger partial charge on any atom is -0.328 e. The molecule has 0 spiro atoms. The molecular weight excluding hydrogens is 382 g/mol. The Labute approximate surface area is 170 Å². The highest BCUT2D eigenvalue weighted by molar-refractivity contribution is 6.13. The molecule has 9 nitrogen and oxygen atoms in total. The van der Waals surface area contributed by atoms with E-state index in [1.54, 1.807) is 31.6 Å². The number of anilines is 1. The standard InChI is InChI=1S/C21H17N7O2/c1-11-18(20(29)26-14-3-5-15-13(8-14)10-24-28-15)19(27-21(30)25-11)12-2-4-16-17(9-12)23-7-6-22-16/h2-10,18-19H,1H3,(H,24,28)(H,26,29)(H,27,30). The molecule has 3 amide bonds. The summed E-state index contributed by atoms with van der Waals surface area (Å²) in [5.41, 5.74) is 4.16. The van der Waals surface area contributed by atoms with E-state index in [9.17, 15) is 9.59 Å². The number of benzene rings is 2. The summed E-state index contributed by atoms with van der Waals surface area (Å²) in [6.07, 6.45) is 4.92. The fourth-order valence-corrected chi connectivity index (χ4v) is 3.75. The Balaban J connectivity index is 1.49. The van der Waals surface area contributed by atoms with Gasteiger partial charge in [0.15, 0.2) is 0 Å². The van der Waals surface area contributed by atoms with E-state index in [2.05, 4.69) is 35.8 Å². The Morgan fingerprint density at radius 1 is 1.07 bits per heavy atom. The van der Waals surface area contributed by atoms with Crippen LogP contribution < -0.4 is 10.6 Å². The van der Waals surface area contributed by atoms with Crippen LogP contribution >= 0.6 is 0 Å². The minimum atomic E-state index is -0.670. The Hall–Kier alpha value is -4.14. The lowest BCUT2D eigenvalue weighted by atomic mass is 9.87. The zero-order chi connectivity index (χ0) is 20.7. The lowest BCUT2D eigenvalue weighted by Gasteiger charge is -2.30. The summed E-state index contributed by atoms with van der Waals surface area (Å²) in [5, 5.41) is 13.5. The van der Waals surface area contributed by atoms with Crippen molar-refractivity contribution in [3.63, 3.8) is 0 Å². The molecule has 2 unspecified atom stereocenters. The quantitative estimate of drug-likeness (QED) is 0.488. The number of aromatic amines is 1. The second-order valence-electron chi connectivity index (χ2n) is 7.12. The number of carbonyl (C=O) groups is 2. The molecular formula is C21H17N7O2. The molecule has 2 atom stereocenters. The van der Waals surface area contributed by atoms with Gasteiger partial charge in [0.2, 0.25) is 5.91 Å². The van der Waals surface area contributed by atoms with Gasteiger partial charge in [-0.1, -0.05) is 6.07 Å². The van der Waals surface area contributed by atoms with Gasteiger partial charge in [0.05, 0.1) is 28.8 Å². The molecule has 0 radical (unpaired) electrons. The van der Waals surface area contributed by atoms with Crippen LogP contribution in [0.3, 0.4) is 0 Å². The van der Waals surface area contributed by atoms with Crippen LogP contribution in [0.2, 0.25) is 0 Å². The highest BCUT2D eigenvalue weighted by atomic mass is 16.2. The molecule has 1 aliphatic heterocycles. The van der Waals surface area contributed by atoms with Gasteiger partial charge in [-0.3, -0.25) is 19.9 Å². The van der Waals surface area contributed by atoms with Crippen molar-refractivity contribution in [1.82, 2.24) is 25.5 Å². The van der Waals surface area contributed by atoms with Gasteiger partial charge in [0.25, 0.3) is 0 Å². The van der Waals surface area contributed by atoms with Gasteiger partial charge >= 0.3 is 6.03 Å². The van der Waals surface area contributed by atoms with E-state index in [1.807, 2.05) is 30.3 Å². The second kappa shape index (κ2) is 7.03. The maximum Gasteiger partial charge on any atom is 0.341 e. The Morgan fingerprint density at radius 3 is 2.77 bits per heavy atom. The van der Waals surface area contributed by atoms with Crippen molar-refractivity contribution in [2.45, 2.75) is 13.0 Å². The van der Waals surface area contributed by atoms with Gasteiger partial charge in [-0.05, 0) is 42.8 Å². The summed E-state index contributed by atoms with van der Waals surface area (Å²) in [7, 11) is 0. The molecule has 0 saturated carbocycles. The number of carbonyl (C=O) groups excluding carboxylic acids is 2. The number of nitrogens with one attached hydrogen (secondary N) is 3. The zero-order valence-electron chi connectivity index (χ0n) is 16.0. The number of urea groups is 1. The molecule has 30 heavy (non-hydrogen) atoms. The number of hydrogen-bond acceptors (Lipinski definition) is 5. The second-order valence-corrected chi connectivity index (χ2v) is 7.12. The van der Waals surface area contributed by atoms with Gasteiger partial charge in [0.1, 0.15) is 5.92 Å². The smallest absolute Gasteiger partial charge is 0.328 e. The summed E-state index contributed by atoms with van der Waals surface area (Å²) in [4.78, 5) is 37.9. The predicted octanol–water partition coefficient (Wildman–Crippen LogP) is 2.99. The number of aliphatic imine (C=N–C) groups is 1. The van der Waals surface area contributed by atoms with Crippen LogP contribution in [0.5, 0.6) is 0 Å². The fraction of sp³-hybridized carbons (Fsp3) is 0.143. The summed E-state index contributed by atoms with van der Waals surface area (Å²) in [6.45, 7) is 1.69. The summed E-state index contributed by atoms with van der Waals surface area (Å²) in [6, 6.07) is 9.95. The molecule has 0 aliphatic carbocycles. The van der Waals surface area contributed by atoms with Crippen LogP contribution in [0.15, 0.2) is 60.0 Å². The van der Waals surface area contributed by atoms with Crippen molar-refractivity contribution in [2.75, 3.05) is 5.32 Å². The molecule has 2 aromatic heterocycles. The first-order valence-corrected chi connectivity index (χ1v) is 9.39. The third-order valence-corrected chi connectivity index (χ3v) is 5.18. The molecule has 1 aliphatic rings. The van der Waals surface area contributed by atoms with Crippen molar-refractivity contribution in [1.29, 1.82) is 0 Å². The van der Waals surface area contributed by atoms with E-state index >= 15 is 0 Å². The van der Waals surface area contributed by atoms with E-state index in [0.29, 0.717) is 16.9 Å². The highest BCUT2D eigenvalue weighted by Crippen LogP contribution is 2.30. The SMILES string of the molecule is CC1=NC(=O)NC(c2ccc3nccnc3c2)C1C(=O)Nc1ccc2[nH]ncc2c1. The van der Waals surface area contributed by atoms with Crippen molar-refractivity contribution >= 4 is 45.3 Å². The lowest BCUT2D eigenvalue weighted by Crippen LogP contribution is -2.45. The number of nitrogens with zero attached hydrogens (tertiary/aromatic N) is 4. The summed E-state index contributed by atoms with van der Waals surface area (Å²) in [5.74, 6) is -0.930. The van der Waals surface area contributed by atoms with Crippen molar-refractivity contribution in [3.05, 3.63) is 60.6 Å². The maximum absolute atomic E-state index is 13.2. The topological polar surface area (TPSA) is 125 Å². The van der Waals surface area contributed by atoms with E-state index in [1.165, 1.54) is 0 Å². The molecule has 4 aromatic rings. The first-order chi connectivity index (χ1) is 14.6. The predicted molar refractivity (Wildman–Crippen MR) is 112 cm³/mol. The first kappa shape index (κ1) is 17.9. The maximum atomic E-state index is 13.2. The third kappa shape index (κ3) is 3.16. The number of H-pyrrole nitrogens is 1. The molecule has 0 saturated heterocycles. The Morgan fingerprint density at radius 2 is 1.90 bits per heavy atom. The average molecular weight is 399 g/mol. The first-order valence-electron chi connectivity index (χ1n) is 9.39. The van der Waals surface area contributed by atoms with Crippen LogP contribution in [0.25, 0.3) is 21.9 Å². The third-order valence-electron chi connectivity index (χ3n) is 5.18. The lowest BCUT2D eigenvalue weighted by molar-refractivity contribution is -0.118. The van der Waals surface area contributed by atoms with Gasteiger partial charge in [-0.25, -0.2) is 9.79 Å². The molecule has 3 heterocycles. The molecule has 9 heteroatoms. The molecule has 3 N–H and O–H groups in total. The monoisotopic (exact) mass is 399 g/mol. The largest absolute Gasteiger partial charge is 0.341 e. The van der Waals surface area contributed by atoms with Gasteiger partial charge in [0, 0.05) is 29.2 Å². The van der Waals surface area contributed by atoms with Crippen molar-refractivity contribution < 1.29 is 9.59 Å². The van der Waals surface area contributed by atoms with Crippen molar-refractivity contribution in [3.8, 4) is 0 Å². The van der Waals surface area contributed by atoms with E-state index in [0.717, 1.165) is 22.0 Å². The molecule has 2 aromatic carbocycles. The van der Waals surface area contributed by atoms with E-state index in [4.69, 9.17) is 0 Å². The zero-order valence-corrected chi connectivity index (χ0v) is 16.0. The van der Waals surface area contributed by atoms with Gasteiger partial charge in [-0.2, -0.15) is 5.10 Å². The van der Waals surface area contributed by atoms with Crippen LogP contribution in [-0.2, 0) is 4.79 Å². The van der Waals surface area contributed by atoms with Crippen LogP contribution in [0, 0.1) is 5.92 Å². The number of hydrogen-bond donors (Lipinski definition) is 3. The number of aromatic nitrogens is 4. The molecule has 0 fully saturated rings. The van der Waals surface area contributed by atoms with Crippen LogP contribution in [0.1, 0.15) is 18.5 Å². The van der Waals surface area contributed by atoms with Crippen LogP contribution in [-0.4, -0.2) is 37.8 Å².